The van der Waals surface area contributed by atoms with Crippen LogP contribution in [-0.2, 0) is 4.74 Å². The lowest BCUT2D eigenvalue weighted by molar-refractivity contribution is -0.125. The molecule has 1 spiro atoms. The highest BCUT2D eigenvalue weighted by molar-refractivity contribution is 4.95. The molecular weight excluding hydrogens is 162 g/mol. The van der Waals surface area contributed by atoms with Gasteiger partial charge in [0.1, 0.15) is 6.10 Å². The molecule has 0 aromatic rings. The Balaban J connectivity index is 2.00. The largest absolute Gasteiger partial charge is 0.357 e. The number of nitrogens with zero attached hydrogens (tertiary/aromatic N) is 1. The van der Waals surface area contributed by atoms with Gasteiger partial charge in [-0.1, -0.05) is 19.3 Å². The van der Waals surface area contributed by atoms with Crippen molar-refractivity contribution < 1.29 is 4.74 Å². The van der Waals surface area contributed by atoms with Crippen LogP contribution in [0, 0.1) is 11.3 Å². The first-order valence-corrected chi connectivity index (χ1v) is 5.42. The lowest BCUT2D eigenvalue weighted by Crippen LogP contribution is -2.41. The van der Waals surface area contributed by atoms with Crippen LogP contribution in [-0.4, -0.2) is 11.7 Å². The van der Waals surface area contributed by atoms with Crippen molar-refractivity contribution in [2.75, 3.05) is 0 Å². The third-order valence-electron chi connectivity index (χ3n) is 3.40. The van der Waals surface area contributed by atoms with E-state index in [0.717, 1.165) is 6.42 Å². The first-order valence-electron chi connectivity index (χ1n) is 5.42. The van der Waals surface area contributed by atoms with Gasteiger partial charge in [-0.15, -0.1) is 0 Å². The average molecular weight is 179 g/mol. The van der Waals surface area contributed by atoms with Gasteiger partial charge in [-0.05, 0) is 32.1 Å². The molecule has 2 heteroatoms. The second kappa shape index (κ2) is 3.67. The zero-order valence-corrected chi connectivity index (χ0v) is 8.09. The summed E-state index contributed by atoms with van der Waals surface area (Å²) in [5.41, 5.74) is 0.108. The Hall–Kier alpha value is -0.550. The van der Waals surface area contributed by atoms with Crippen molar-refractivity contribution in [2.24, 2.45) is 0 Å². The van der Waals surface area contributed by atoms with Gasteiger partial charge in [-0.2, -0.15) is 5.26 Å². The average Bonchev–Trinajstić information content (AvgIpc) is 2.19. The van der Waals surface area contributed by atoms with E-state index in [2.05, 4.69) is 6.07 Å². The van der Waals surface area contributed by atoms with E-state index < -0.39 is 0 Å². The minimum atomic E-state index is -0.119. The second-order valence-corrected chi connectivity index (χ2v) is 4.37. The zero-order valence-electron chi connectivity index (χ0n) is 8.09. The Morgan fingerprint density at radius 3 is 2.46 bits per heavy atom. The van der Waals surface area contributed by atoms with Crippen LogP contribution in [0.3, 0.4) is 0 Å². The van der Waals surface area contributed by atoms with E-state index in [4.69, 9.17) is 10.00 Å². The molecule has 0 amide bonds. The number of ether oxygens (including phenoxy) is 1. The van der Waals surface area contributed by atoms with Crippen LogP contribution in [0.4, 0.5) is 0 Å². The Morgan fingerprint density at radius 1 is 1.08 bits per heavy atom. The lowest BCUT2D eigenvalue weighted by Gasteiger charge is -2.42. The van der Waals surface area contributed by atoms with Crippen molar-refractivity contribution in [1.82, 2.24) is 0 Å². The van der Waals surface area contributed by atoms with Gasteiger partial charge in [0, 0.05) is 0 Å². The molecule has 1 aliphatic heterocycles. The number of hydrogen-bond acceptors (Lipinski definition) is 2. The molecule has 1 unspecified atom stereocenters. The second-order valence-electron chi connectivity index (χ2n) is 4.37. The fourth-order valence-corrected chi connectivity index (χ4v) is 2.68. The SMILES string of the molecule is N#CC1CCCC2(CCCCC2)O1. The van der Waals surface area contributed by atoms with Crippen LogP contribution in [0.2, 0.25) is 0 Å². The fraction of sp³-hybridized carbons (Fsp3) is 0.909. The molecule has 2 aliphatic rings. The summed E-state index contributed by atoms with van der Waals surface area (Å²) < 4.78 is 5.90. The first-order chi connectivity index (χ1) is 6.35. The molecule has 72 valence electrons. The molecule has 0 N–H and O–H groups in total. The van der Waals surface area contributed by atoms with Gasteiger partial charge < -0.3 is 4.74 Å². The predicted octanol–water partition coefficient (Wildman–Crippen LogP) is 2.78. The molecule has 1 atom stereocenters. The van der Waals surface area contributed by atoms with Crippen LogP contribution in [0.1, 0.15) is 51.4 Å². The van der Waals surface area contributed by atoms with E-state index in [1.165, 1.54) is 44.9 Å². The molecule has 2 rings (SSSR count). The number of rotatable bonds is 0. The van der Waals surface area contributed by atoms with Gasteiger partial charge in [0.25, 0.3) is 0 Å². The van der Waals surface area contributed by atoms with Gasteiger partial charge >= 0.3 is 0 Å². The van der Waals surface area contributed by atoms with Crippen molar-refractivity contribution in [1.29, 1.82) is 5.26 Å². The summed E-state index contributed by atoms with van der Waals surface area (Å²) in [6, 6.07) is 2.25. The smallest absolute Gasteiger partial charge is 0.144 e. The quantitative estimate of drug-likeness (QED) is 0.573. The van der Waals surface area contributed by atoms with E-state index >= 15 is 0 Å². The summed E-state index contributed by atoms with van der Waals surface area (Å²) in [6.07, 6.45) is 9.49. The molecule has 0 aromatic heterocycles. The molecule has 2 fully saturated rings. The highest BCUT2D eigenvalue weighted by atomic mass is 16.5. The molecule has 0 radical (unpaired) electrons. The highest BCUT2D eigenvalue weighted by Crippen LogP contribution is 2.40. The summed E-state index contributed by atoms with van der Waals surface area (Å²) in [5.74, 6) is 0. The fourth-order valence-electron chi connectivity index (χ4n) is 2.68. The van der Waals surface area contributed by atoms with Gasteiger partial charge in [0.15, 0.2) is 0 Å². The third-order valence-corrected chi connectivity index (χ3v) is 3.40. The maximum Gasteiger partial charge on any atom is 0.144 e. The minimum Gasteiger partial charge on any atom is -0.357 e. The Kier molecular flexibility index (Phi) is 2.55. The van der Waals surface area contributed by atoms with E-state index in [1.807, 2.05) is 0 Å². The Bertz CT molecular complexity index is 207. The molecule has 1 aliphatic carbocycles. The highest BCUT2D eigenvalue weighted by Gasteiger charge is 2.37. The molecule has 13 heavy (non-hydrogen) atoms. The van der Waals surface area contributed by atoms with E-state index in [1.54, 1.807) is 0 Å². The van der Waals surface area contributed by atoms with Gasteiger partial charge in [0.05, 0.1) is 11.7 Å². The summed E-state index contributed by atoms with van der Waals surface area (Å²) in [7, 11) is 0. The van der Waals surface area contributed by atoms with Gasteiger partial charge in [-0.25, -0.2) is 0 Å². The van der Waals surface area contributed by atoms with Crippen LogP contribution >= 0.6 is 0 Å². The maximum absolute atomic E-state index is 8.83. The van der Waals surface area contributed by atoms with Crippen molar-refractivity contribution in [3.05, 3.63) is 0 Å². The zero-order chi connectivity index (χ0) is 9.15. The van der Waals surface area contributed by atoms with Crippen LogP contribution in [0.15, 0.2) is 0 Å². The summed E-state index contributed by atoms with van der Waals surface area (Å²) >= 11 is 0. The lowest BCUT2D eigenvalue weighted by atomic mass is 9.79. The van der Waals surface area contributed by atoms with E-state index in [0.29, 0.717) is 0 Å². The monoisotopic (exact) mass is 179 g/mol. The summed E-state index contributed by atoms with van der Waals surface area (Å²) in [4.78, 5) is 0. The third kappa shape index (κ3) is 1.86. The van der Waals surface area contributed by atoms with Crippen molar-refractivity contribution in [3.63, 3.8) is 0 Å². The number of nitriles is 1. The topological polar surface area (TPSA) is 33.0 Å². The van der Waals surface area contributed by atoms with Gasteiger partial charge in [-0.3, -0.25) is 0 Å². The molecule has 1 saturated carbocycles. The molecule has 0 aromatic carbocycles. The van der Waals surface area contributed by atoms with Crippen molar-refractivity contribution >= 4 is 0 Å². The number of hydrogen-bond donors (Lipinski definition) is 0. The maximum atomic E-state index is 8.83. The Morgan fingerprint density at radius 2 is 1.77 bits per heavy atom. The minimum absolute atomic E-state index is 0.108. The molecule has 0 bridgehead atoms. The molecule has 2 nitrogen and oxygen atoms in total. The van der Waals surface area contributed by atoms with Crippen LogP contribution < -0.4 is 0 Å². The van der Waals surface area contributed by atoms with Crippen molar-refractivity contribution in [3.8, 4) is 6.07 Å². The van der Waals surface area contributed by atoms with Crippen LogP contribution in [0.5, 0.6) is 0 Å². The van der Waals surface area contributed by atoms with E-state index in [-0.39, 0.29) is 11.7 Å². The van der Waals surface area contributed by atoms with Crippen LogP contribution in [0.25, 0.3) is 0 Å². The first kappa shape index (κ1) is 9.02. The standard InChI is InChI=1S/C11H17NO/c12-9-10-5-4-8-11(13-10)6-2-1-3-7-11/h10H,1-8H2. The van der Waals surface area contributed by atoms with Crippen molar-refractivity contribution in [2.45, 2.75) is 63.1 Å². The summed E-state index contributed by atoms with van der Waals surface area (Å²) in [6.45, 7) is 0. The molecule has 1 heterocycles. The Labute approximate surface area is 79.9 Å². The van der Waals surface area contributed by atoms with Gasteiger partial charge in [0.2, 0.25) is 0 Å². The predicted molar refractivity (Wildman–Crippen MR) is 50.2 cm³/mol. The molecule has 1 saturated heterocycles. The molecular formula is C11H17NO. The normalized spacial score (nSPS) is 32.7. The summed E-state index contributed by atoms with van der Waals surface area (Å²) in [5, 5.41) is 8.83. The van der Waals surface area contributed by atoms with E-state index in [9.17, 15) is 0 Å².